The van der Waals surface area contributed by atoms with Crippen molar-refractivity contribution in [3.8, 4) is 11.5 Å². The summed E-state index contributed by atoms with van der Waals surface area (Å²) in [7, 11) is 0. The fraction of sp³-hybridized carbons (Fsp3) is 0.650. The number of halogens is 1. The molecule has 26 heavy (non-hydrogen) atoms. The Labute approximate surface area is 161 Å². The summed E-state index contributed by atoms with van der Waals surface area (Å²) in [5, 5.41) is 6.72. The molecule has 0 bridgehead atoms. The first-order valence-corrected chi connectivity index (χ1v) is 9.40. The maximum Gasteiger partial charge on any atom is 0.231 e. The molecule has 1 aromatic carbocycles. The van der Waals surface area contributed by atoms with Gasteiger partial charge in [0.2, 0.25) is 12.7 Å². The lowest BCUT2D eigenvalue weighted by Gasteiger charge is -2.38. The molecule has 2 heterocycles. The van der Waals surface area contributed by atoms with Crippen LogP contribution in [0.1, 0.15) is 45.1 Å². The monoisotopic (exact) mass is 380 g/mol. The van der Waals surface area contributed by atoms with Crippen LogP contribution in [0, 0.1) is 11.3 Å². The van der Waals surface area contributed by atoms with E-state index in [-0.39, 0.29) is 35.9 Å². The summed E-state index contributed by atoms with van der Waals surface area (Å²) in [5.74, 6) is 2.32. The van der Waals surface area contributed by atoms with E-state index in [1.165, 1.54) is 12.8 Å². The highest BCUT2D eigenvalue weighted by molar-refractivity contribution is 5.85. The number of carbonyl (C=O) groups is 1. The van der Waals surface area contributed by atoms with Gasteiger partial charge in [-0.15, -0.1) is 12.4 Å². The van der Waals surface area contributed by atoms with Crippen molar-refractivity contribution in [2.24, 2.45) is 11.3 Å². The Balaban J connectivity index is 0.00000196. The Morgan fingerprint density at radius 2 is 2.12 bits per heavy atom. The number of ether oxygens (including phenoxy) is 2. The predicted octanol–water partition coefficient (Wildman–Crippen LogP) is 3.01. The van der Waals surface area contributed by atoms with Crippen molar-refractivity contribution >= 4 is 18.3 Å². The van der Waals surface area contributed by atoms with Crippen LogP contribution in [0.5, 0.6) is 11.5 Å². The average molecular weight is 381 g/mol. The highest BCUT2D eigenvalue weighted by atomic mass is 35.5. The van der Waals surface area contributed by atoms with E-state index in [2.05, 4.69) is 30.5 Å². The smallest absolute Gasteiger partial charge is 0.231 e. The Hall–Kier alpha value is -1.46. The summed E-state index contributed by atoms with van der Waals surface area (Å²) in [6, 6.07) is 6.06. The van der Waals surface area contributed by atoms with Gasteiger partial charge in [0.25, 0.3) is 0 Å². The van der Waals surface area contributed by atoms with Crippen molar-refractivity contribution < 1.29 is 14.3 Å². The summed E-state index contributed by atoms with van der Waals surface area (Å²) in [6.07, 6.45) is 4.61. The fourth-order valence-corrected chi connectivity index (χ4v) is 4.59. The molecule has 0 spiro atoms. The predicted molar refractivity (Wildman–Crippen MR) is 103 cm³/mol. The molecule has 2 aliphatic heterocycles. The van der Waals surface area contributed by atoms with Crippen LogP contribution in [0.15, 0.2) is 18.2 Å². The molecular weight excluding hydrogens is 352 g/mol. The van der Waals surface area contributed by atoms with Crippen molar-refractivity contribution in [3.63, 3.8) is 0 Å². The maximum absolute atomic E-state index is 13.1. The lowest BCUT2D eigenvalue weighted by Crippen LogP contribution is -2.50. The zero-order valence-corrected chi connectivity index (χ0v) is 16.4. The van der Waals surface area contributed by atoms with E-state index in [1.54, 1.807) is 0 Å². The third-order valence-electron chi connectivity index (χ3n) is 6.34. The lowest BCUT2D eigenvalue weighted by atomic mass is 9.67. The van der Waals surface area contributed by atoms with Gasteiger partial charge in [0.15, 0.2) is 11.5 Å². The van der Waals surface area contributed by atoms with Gasteiger partial charge in [-0.3, -0.25) is 4.79 Å². The topological polar surface area (TPSA) is 59.6 Å². The SMILES string of the molecule is CC(C)(CNC(=O)[C@@]12CCCC[C@H]1CNC2)c1ccc2c(c1)OCO2.Cl. The van der Waals surface area contributed by atoms with Crippen LogP contribution in [0.3, 0.4) is 0 Å². The van der Waals surface area contributed by atoms with Crippen molar-refractivity contribution in [2.75, 3.05) is 26.4 Å². The molecule has 0 unspecified atom stereocenters. The second-order valence-electron chi connectivity index (χ2n) is 8.36. The number of amides is 1. The van der Waals surface area contributed by atoms with E-state index in [0.29, 0.717) is 12.5 Å². The minimum atomic E-state index is -0.191. The number of carbonyl (C=O) groups excluding carboxylic acids is 1. The fourth-order valence-electron chi connectivity index (χ4n) is 4.59. The molecule has 1 aliphatic carbocycles. The standard InChI is InChI=1S/C20H28N2O3.ClH/c1-19(2,14-6-7-16-17(9-14)25-13-24-16)11-22-18(23)20-8-4-3-5-15(20)10-21-12-20;/h6-7,9,15,21H,3-5,8,10-13H2,1-2H3,(H,22,23);1H/t15-,20+;/m0./s1. The molecule has 2 atom stereocenters. The molecule has 2 fully saturated rings. The van der Waals surface area contributed by atoms with Crippen LogP contribution in [-0.2, 0) is 10.2 Å². The van der Waals surface area contributed by atoms with Crippen LogP contribution >= 0.6 is 12.4 Å². The van der Waals surface area contributed by atoms with Gasteiger partial charge in [0, 0.05) is 18.5 Å². The van der Waals surface area contributed by atoms with Gasteiger partial charge in [0.05, 0.1) is 5.41 Å². The minimum absolute atomic E-state index is 0. The Bertz CT molecular complexity index is 679. The number of nitrogens with one attached hydrogen (secondary N) is 2. The van der Waals surface area contributed by atoms with E-state index < -0.39 is 0 Å². The van der Waals surface area contributed by atoms with E-state index in [9.17, 15) is 4.79 Å². The molecule has 6 heteroatoms. The van der Waals surface area contributed by atoms with Crippen molar-refractivity contribution in [2.45, 2.75) is 44.9 Å². The second kappa shape index (κ2) is 7.28. The Morgan fingerprint density at radius 1 is 1.31 bits per heavy atom. The maximum atomic E-state index is 13.1. The van der Waals surface area contributed by atoms with Gasteiger partial charge in [0.1, 0.15) is 0 Å². The first kappa shape index (κ1) is 19.3. The third-order valence-corrected chi connectivity index (χ3v) is 6.34. The molecule has 1 saturated heterocycles. The van der Waals surface area contributed by atoms with Crippen molar-refractivity contribution in [1.29, 1.82) is 0 Å². The molecular formula is C20H29ClN2O3. The van der Waals surface area contributed by atoms with E-state index in [1.807, 2.05) is 12.1 Å². The summed E-state index contributed by atoms with van der Waals surface area (Å²) >= 11 is 0. The highest BCUT2D eigenvalue weighted by Gasteiger charge is 2.49. The molecule has 4 rings (SSSR count). The quantitative estimate of drug-likeness (QED) is 0.843. The van der Waals surface area contributed by atoms with Crippen LogP contribution in [-0.4, -0.2) is 32.3 Å². The molecule has 1 saturated carbocycles. The van der Waals surface area contributed by atoms with Crippen molar-refractivity contribution in [1.82, 2.24) is 10.6 Å². The third kappa shape index (κ3) is 3.27. The minimum Gasteiger partial charge on any atom is -0.454 e. The van der Waals surface area contributed by atoms with Crippen LogP contribution in [0.4, 0.5) is 0 Å². The zero-order valence-electron chi connectivity index (χ0n) is 15.6. The van der Waals surface area contributed by atoms with Gasteiger partial charge >= 0.3 is 0 Å². The molecule has 5 nitrogen and oxygen atoms in total. The molecule has 2 N–H and O–H groups in total. The highest BCUT2D eigenvalue weighted by Crippen LogP contribution is 2.44. The molecule has 144 valence electrons. The first-order chi connectivity index (χ1) is 12.0. The van der Waals surface area contributed by atoms with E-state index in [0.717, 1.165) is 43.0 Å². The molecule has 1 amide bonds. The Morgan fingerprint density at radius 3 is 2.96 bits per heavy atom. The lowest BCUT2D eigenvalue weighted by molar-refractivity contribution is -0.134. The Kier molecular flexibility index (Phi) is 5.40. The van der Waals surface area contributed by atoms with Crippen LogP contribution < -0.4 is 20.1 Å². The van der Waals surface area contributed by atoms with E-state index >= 15 is 0 Å². The van der Waals surface area contributed by atoms with Gasteiger partial charge in [-0.1, -0.05) is 32.8 Å². The van der Waals surface area contributed by atoms with Crippen LogP contribution in [0.2, 0.25) is 0 Å². The summed E-state index contributed by atoms with van der Waals surface area (Å²) in [6.45, 7) is 7.04. The second-order valence-corrected chi connectivity index (χ2v) is 8.36. The normalized spacial score (nSPS) is 26.8. The van der Waals surface area contributed by atoms with Gasteiger partial charge < -0.3 is 20.1 Å². The number of hydrogen-bond acceptors (Lipinski definition) is 4. The summed E-state index contributed by atoms with van der Waals surface area (Å²) < 4.78 is 10.9. The molecule has 1 aromatic rings. The van der Waals surface area contributed by atoms with Gasteiger partial charge in [-0.25, -0.2) is 0 Å². The van der Waals surface area contributed by atoms with E-state index in [4.69, 9.17) is 9.47 Å². The summed E-state index contributed by atoms with van der Waals surface area (Å²) in [5.41, 5.74) is 0.798. The number of fused-ring (bicyclic) bond motifs is 2. The van der Waals surface area contributed by atoms with Crippen LogP contribution in [0.25, 0.3) is 0 Å². The van der Waals surface area contributed by atoms with Gasteiger partial charge in [-0.2, -0.15) is 0 Å². The summed E-state index contributed by atoms with van der Waals surface area (Å²) in [4.78, 5) is 13.1. The number of rotatable bonds is 4. The molecule has 0 radical (unpaired) electrons. The van der Waals surface area contributed by atoms with Crippen molar-refractivity contribution in [3.05, 3.63) is 23.8 Å². The number of benzene rings is 1. The molecule has 0 aromatic heterocycles. The largest absolute Gasteiger partial charge is 0.454 e. The molecule has 3 aliphatic rings. The first-order valence-electron chi connectivity index (χ1n) is 9.40. The van der Waals surface area contributed by atoms with Gasteiger partial charge in [-0.05, 0) is 43.0 Å². The zero-order chi connectivity index (χ0) is 17.5. The average Bonchev–Trinajstić information content (AvgIpc) is 3.26. The number of hydrogen-bond donors (Lipinski definition) is 2.